The van der Waals surface area contributed by atoms with Crippen molar-refractivity contribution < 1.29 is 9.59 Å². The lowest BCUT2D eigenvalue weighted by Gasteiger charge is -2.35. The lowest BCUT2D eigenvalue weighted by atomic mass is 9.93. The maximum atomic E-state index is 13.5. The Bertz CT molecular complexity index is 987. The van der Waals surface area contributed by atoms with E-state index in [2.05, 4.69) is 16.7 Å². The SMILES string of the molecule is CCN1CCN(C=C2C(=O)N(c3ccc(C)cc3C)C(=O)c3ccccc32)CC1. The minimum absolute atomic E-state index is 0.251. The monoisotopic (exact) mass is 389 g/mol. The summed E-state index contributed by atoms with van der Waals surface area (Å²) in [5, 5.41) is 0. The van der Waals surface area contributed by atoms with Crippen LogP contribution in [-0.4, -0.2) is 54.3 Å². The summed E-state index contributed by atoms with van der Waals surface area (Å²) < 4.78 is 0. The predicted molar refractivity (Wildman–Crippen MR) is 116 cm³/mol. The third kappa shape index (κ3) is 3.58. The second-order valence-electron chi connectivity index (χ2n) is 7.79. The first-order valence-electron chi connectivity index (χ1n) is 10.2. The lowest BCUT2D eigenvalue weighted by molar-refractivity contribution is -0.112. The van der Waals surface area contributed by atoms with Crippen molar-refractivity contribution in [2.75, 3.05) is 37.6 Å². The number of piperazine rings is 1. The van der Waals surface area contributed by atoms with Crippen LogP contribution in [0.5, 0.6) is 0 Å². The molecular weight excluding hydrogens is 362 g/mol. The average molecular weight is 389 g/mol. The number of rotatable bonds is 3. The van der Waals surface area contributed by atoms with Crippen molar-refractivity contribution in [1.82, 2.24) is 9.80 Å². The highest BCUT2D eigenvalue weighted by molar-refractivity contribution is 6.41. The van der Waals surface area contributed by atoms with Crippen molar-refractivity contribution in [2.24, 2.45) is 0 Å². The molecule has 0 aromatic heterocycles. The summed E-state index contributed by atoms with van der Waals surface area (Å²) in [4.78, 5) is 32.7. The number of aryl methyl sites for hydroxylation is 2. The quantitative estimate of drug-likeness (QED) is 0.596. The standard InChI is InChI=1S/C24H27N3O2/c1-4-25-11-13-26(14-12-25)16-21-19-7-5-6-8-20(19)23(28)27(24(21)29)22-10-9-17(2)15-18(22)3/h5-10,15-16H,4,11-14H2,1-3H3. The highest BCUT2D eigenvalue weighted by Gasteiger charge is 2.36. The van der Waals surface area contributed by atoms with Crippen molar-refractivity contribution in [3.63, 3.8) is 0 Å². The number of fused-ring (bicyclic) bond motifs is 1. The van der Waals surface area contributed by atoms with Gasteiger partial charge in [-0.05, 0) is 38.1 Å². The van der Waals surface area contributed by atoms with Gasteiger partial charge >= 0.3 is 0 Å². The minimum atomic E-state index is -0.259. The Kier molecular flexibility index (Phi) is 5.24. The van der Waals surface area contributed by atoms with E-state index in [1.54, 1.807) is 0 Å². The molecule has 0 saturated carbocycles. The lowest BCUT2D eigenvalue weighted by Crippen LogP contribution is -2.45. The molecule has 5 heteroatoms. The highest BCUT2D eigenvalue weighted by Crippen LogP contribution is 2.34. The van der Waals surface area contributed by atoms with E-state index in [1.165, 1.54) is 4.90 Å². The van der Waals surface area contributed by atoms with E-state index < -0.39 is 0 Å². The van der Waals surface area contributed by atoms with Gasteiger partial charge in [0.2, 0.25) is 0 Å². The van der Waals surface area contributed by atoms with Gasteiger partial charge in [-0.2, -0.15) is 0 Å². The van der Waals surface area contributed by atoms with Gasteiger partial charge in [0.1, 0.15) is 0 Å². The molecule has 0 atom stereocenters. The summed E-state index contributed by atoms with van der Waals surface area (Å²) in [5.74, 6) is -0.510. The third-order valence-electron chi connectivity index (χ3n) is 5.84. The van der Waals surface area contributed by atoms with Gasteiger partial charge in [-0.3, -0.25) is 9.59 Å². The molecule has 2 aromatic carbocycles. The number of hydrogen-bond acceptors (Lipinski definition) is 4. The molecule has 29 heavy (non-hydrogen) atoms. The van der Waals surface area contributed by atoms with Crippen molar-refractivity contribution in [2.45, 2.75) is 20.8 Å². The van der Waals surface area contributed by atoms with Crippen molar-refractivity contribution in [3.05, 3.63) is 70.9 Å². The summed E-state index contributed by atoms with van der Waals surface area (Å²) in [6.45, 7) is 10.9. The van der Waals surface area contributed by atoms with E-state index in [0.717, 1.165) is 49.4 Å². The number of amides is 2. The van der Waals surface area contributed by atoms with E-state index in [-0.39, 0.29) is 11.8 Å². The molecule has 5 nitrogen and oxygen atoms in total. The Labute approximate surface area is 172 Å². The normalized spacial score (nSPS) is 19.1. The molecule has 1 saturated heterocycles. The molecule has 0 spiro atoms. The Hall–Kier alpha value is -2.92. The summed E-state index contributed by atoms with van der Waals surface area (Å²) in [6.07, 6.45) is 1.96. The minimum Gasteiger partial charge on any atom is -0.374 e. The van der Waals surface area contributed by atoms with Crippen LogP contribution in [0.3, 0.4) is 0 Å². The maximum Gasteiger partial charge on any atom is 0.267 e. The van der Waals surface area contributed by atoms with Gasteiger partial charge in [0.25, 0.3) is 11.8 Å². The van der Waals surface area contributed by atoms with Crippen molar-refractivity contribution >= 4 is 23.1 Å². The Balaban J connectivity index is 1.77. The van der Waals surface area contributed by atoms with Crippen molar-refractivity contribution in [1.29, 1.82) is 0 Å². The fourth-order valence-corrected chi connectivity index (χ4v) is 4.14. The van der Waals surface area contributed by atoms with Crippen LogP contribution >= 0.6 is 0 Å². The predicted octanol–water partition coefficient (Wildman–Crippen LogP) is 3.47. The van der Waals surface area contributed by atoms with Crippen molar-refractivity contribution in [3.8, 4) is 0 Å². The number of carbonyl (C=O) groups is 2. The Morgan fingerprint density at radius 3 is 2.24 bits per heavy atom. The van der Waals surface area contributed by atoms with Crippen LogP contribution in [0.15, 0.2) is 48.7 Å². The van der Waals surface area contributed by atoms with Crippen LogP contribution in [0.1, 0.15) is 34.0 Å². The maximum absolute atomic E-state index is 13.5. The van der Waals surface area contributed by atoms with Gasteiger partial charge in [0, 0.05) is 43.5 Å². The Morgan fingerprint density at radius 1 is 0.897 bits per heavy atom. The fourth-order valence-electron chi connectivity index (χ4n) is 4.14. The summed E-state index contributed by atoms with van der Waals surface area (Å²) in [5.41, 5.74) is 4.56. The zero-order valence-electron chi connectivity index (χ0n) is 17.3. The molecule has 2 amide bonds. The first-order valence-corrected chi connectivity index (χ1v) is 10.2. The smallest absolute Gasteiger partial charge is 0.267 e. The Morgan fingerprint density at radius 2 is 1.59 bits per heavy atom. The van der Waals surface area contributed by atoms with Crippen LogP contribution in [0.4, 0.5) is 5.69 Å². The summed E-state index contributed by atoms with van der Waals surface area (Å²) >= 11 is 0. The number of anilines is 1. The van der Waals surface area contributed by atoms with Crippen LogP contribution in [-0.2, 0) is 4.79 Å². The molecule has 2 aromatic rings. The van der Waals surface area contributed by atoms with E-state index in [1.807, 2.05) is 62.5 Å². The topological polar surface area (TPSA) is 43.9 Å². The van der Waals surface area contributed by atoms with Gasteiger partial charge in [0.05, 0.1) is 11.3 Å². The van der Waals surface area contributed by atoms with E-state index in [0.29, 0.717) is 16.8 Å². The first kappa shape index (κ1) is 19.4. The van der Waals surface area contributed by atoms with Crippen LogP contribution in [0.2, 0.25) is 0 Å². The summed E-state index contributed by atoms with van der Waals surface area (Å²) in [7, 11) is 0. The number of imide groups is 1. The van der Waals surface area contributed by atoms with Gasteiger partial charge < -0.3 is 9.80 Å². The van der Waals surface area contributed by atoms with Gasteiger partial charge in [-0.15, -0.1) is 0 Å². The molecule has 2 aliphatic heterocycles. The second kappa shape index (κ2) is 7.84. The fraction of sp³-hybridized carbons (Fsp3) is 0.333. The third-order valence-corrected chi connectivity index (χ3v) is 5.84. The average Bonchev–Trinajstić information content (AvgIpc) is 2.73. The summed E-state index contributed by atoms with van der Waals surface area (Å²) in [6, 6.07) is 13.2. The molecule has 0 bridgehead atoms. The molecule has 4 rings (SSSR count). The van der Waals surface area contributed by atoms with Gasteiger partial charge in [0.15, 0.2) is 0 Å². The molecule has 0 radical (unpaired) electrons. The second-order valence-corrected chi connectivity index (χ2v) is 7.79. The van der Waals surface area contributed by atoms with E-state index in [4.69, 9.17) is 0 Å². The molecule has 0 N–H and O–H groups in total. The largest absolute Gasteiger partial charge is 0.374 e. The van der Waals surface area contributed by atoms with Gasteiger partial charge in [-0.25, -0.2) is 4.90 Å². The molecular formula is C24H27N3O2. The highest BCUT2D eigenvalue weighted by atomic mass is 16.2. The zero-order chi connectivity index (χ0) is 20.5. The number of benzene rings is 2. The zero-order valence-corrected chi connectivity index (χ0v) is 17.3. The van der Waals surface area contributed by atoms with Gasteiger partial charge in [-0.1, -0.05) is 42.8 Å². The number of likely N-dealkylation sites (N-methyl/N-ethyl adjacent to an activating group) is 1. The number of carbonyl (C=O) groups excluding carboxylic acids is 2. The van der Waals surface area contributed by atoms with Crippen LogP contribution < -0.4 is 4.90 Å². The molecule has 0 aliphatic carbocycles. The van der Waals surface area contributed by atoms with Crippen LogP contribution in [0.25, 0.3) is 5.57 Å². The molecule has 150 valence electrons. The molecule has 2 heterocycles. The molecule has 0 unspecified atom stereocenters. The van der Waals surface area contributed by atoms with Crippen LogP contribution in [0, 0.1) is 13.8 Å². The van der Waals surface area contributed by atoms with E-state index in [9.17, 15) is 9.59 Å². The molecule has 1 fully saturated rings. The van der Waals surface area contributed by atoms with E-state index >= 15 is 0 Å². The molecule has 2 aliphatic rings. The number of nitrogens with zero attached hydrogens (tertiary/aromatic N) is 3. The number of hydrogen-bond donors (Lipinski definition) is 0. The first-order chi connectivity index (χ1) is 14.0.